The highest BCUT2D eigenvalue weighted by atomic mass is 14.8. The van der Waals surface area contributed by atoms with E-state index in [1.165, 1.54) is 36.2 Å². The van der Waals surface area contributed by atoms with Crippen LogP contribution < -0.4 is 5.73 Å². The number of anilines is 1. The molecule has 0 saturated heterocycles. The molecule has 0 amide bonds. The second-order valence-corrected chi connectivity index (χ2v) is 4.71. The minimum Gasteiger partial charge on any atom is -0.398 e. The van der Waals surface area contributed by atoms with Crippen molar-refractivity contribution < 1.29 is 0 Å². The number of aromatic nitrogens is 1. The highest BCUT2D eigenvalue weighted by Crippen LogP contribution is 2.43. The highest BCUT2D eigenvalue weighted by molar-refractivity contribution is 5.53. The average Bonchev–Trinajstić information content (AvgIpc) is 2.93. The van der Waals surface area contributed by atoms with E-state index in [0.717, 1.165) is 18.0 Å². The van der Waals surface area contributed by atoms with Crippen LogP contribution in [-0.4, -0.2) is 4.98 Å². The van der Waals surface area contributed by atoms with Crippen molar-refractivity contribution in [3.63, 3.8) is 0 Å². The molecule has 1 saturated carbocycles. The van der Waals surface area contributed by atoms with E-state index >= 15 is 0 Å². The lowest BCUT2D eigenvalue weighted by atomic mass is 10.1. The summed E-state index contributed by atoms with van der Waals surface area (Å²) >= 11 is 0. The lowest BCUT2D eigenvalue weighted by Gasteiger charge is -2.08. The zero-order valence-electron chi connectivity index (χ0n) is 8.59. The molecule has 0 spiro atoms. The van der Waals surface area contributed by atoms with Crippen molar-refractivity contribution in [1.29, 1.82) is 0 Å². The van der Waals surface area contributed by atoms with Gasteiger partial charge in [0.05, 0.1) is 0 Å². The Morgan fingerprint density at radius 3 is 2.86 bits per heavy atom. The van der Waals surface area contributed by atoms with E-state index in [1.807, 2.05) is 0 Å². The Kier molecular flexibility index (Phi) is 1.61. The summed E-state index contributed by atoms with van der Waals surface area (Å²) in [5, 5.41) is 0. The summed E-state index contributed by atoms with van der Waals surface area (Å²) in [6.07, 6.45) is 4.96. The third kappa shape index (κ3) is 1.13. The van der Waals surface area contributed by atoms with Gasteiger partial charge in [0.25, 0.3) is 0 Å². The van der Waals surface area contributed by atoms with Gasteiger partial charge in [0.1, 0.15) is 0 Å². The molecular weight excluding hydrogens is 172 g/mol. The maximum atomic E-state index is 6.06. The molecule has 2 nitrogen and oxygen atoms in total. The van der Waals surface area contributed by atoms with Crippen molar-refractivity contribution >= 4 is 5.69 Å². The number of fused-ring (bicyclic) bond motifs is 1. The van der Waals surface area contributed by atoms with Gasteiger partial charge >= 0.3 is 0 Å². The average molecular weight is 188 g/mol. The molecule has 2 heteroatoms. The molecule has 0 bridgehead atoms. The van der Waals surface area contributed by atoms with Crippen LogP contribution in [-0.2, 0) is 6.42 Å². The zero-order chi connectivity index (χ0) is 9.71. The second-order valence-electron chi connectivity index (χ2n) is 4.71. The fraction of sp³-hybridized carbons (Fsp3) is 0.583. The van der Waals surface area contributed by atoms with Crippen LogP contribution in [0.25, 0.3) is 0 Å². The molecule has 2 aliphatic rings. The van der Waals surface area contributed by atoms with Gasteiger partial charge < -0.3 is 5.73 Å². The Labute approximate surface area is 84.5 Å². The summed E-state index contributed by atoms with van der Waals surface area (Å²) in [6.45, 7) is 2.26. The summed E-state index contributed by atoms with van der Waals surface area (Å²) in [5.41, 5.74) is 10.9. The number of hydrogen-bond donors (Lipinski definition) is 1. The molecule has 1 atom stereocenters. The normalized spacial score (nSPS) is 25.1. The Bertz CT molecular complexity index is 380. The molecule has 3 rings (SSSR count). The van der Waals surface area contributed by atoms with Gasteiger partial charge in [-0.1, -0.05) is 6.92 Å². The van der Waals surface area contributed by atoms with Gasteiger partial charge in [-0.25, -0.2) is 0 Å². The Hall–Kier alpha value is -1.05. The van der Waals surface area contributed by atoms with Crippen LogP contribution in [0, 0.1) is 0 Å². The molecule has 74 valence electrons. The van der Waals surface area contributed by atoms with Crippen molar-refractivity contribution in [2.45, 2.75) is 44.4 Å². The molecule has 2 N–H and O–H groups in total. The summed E-state index contributed by atoms with van der Waals surface area (Å²) in [6, 6.07) is 2.11. The van der Waals surface area contributed by atoms with Crippen LogP contribution in [0.4, 0.5) is 5.69 Å². The molecule has 1 fully saturated rings. The van der Waals surface area contributed by atoms with Crippen LogP contribution in [0.2, 0.25) is 0 Å². The van der Waals surface area contributed by atoms with Crippen molar-refractivity contribution in [2.75, 3.05) is 5.73 Å². The van der Waals surface area contributed by atoms with E-state index in [9.17, 15) is 0 Å². The van der Waals surface area contributed by atoms with Gasteiger partial charge in [-0.15, -0.1) is 0 Å². The standard InChI is InChI=1S/C12H16N2/c1-7-2-5-9-10(13)6-11(8-3-4-8)14-12(7)9/h6-8H,2-5H2,1H3,(H2,13,14). The van der Waals surface area contributed by atoms with Gasteiger partial charge in [0.15, 0.2) is 0 Å². The maximum Gasteiger partial charge on any atom is 0.0487 e. The topological polar surface area (TPSA) is 38.9 Å². The minimum absolute atomic E-state index is 0.617. The second kappa shape index (κ2) is 2.72. The van der Waals surface area contributed by atoms with E-state index in [2.05, 4.69) is 13.0 Å². The van der Waals surface area contributed by atoms with E-state index in [0.29, 0.717) is 5.92 Å². The molecule has 0 aliphatic heterocycles. The predicted molar refractivity (Wildman–Crippen MR) is 57.4 cm³/mol. The first-order chi connectivity index (χ1) is 6.75. The van der Waals surface area contributed by atoms with Gasteiger partial charge in [-0.3, -0.25) is 4.98 Å². The van der Waals surface area contributed by atoms with Crippen LogP contribution >= 0.6 is 0 Å². The van der Waals surface area contributed by atoms with Gasteiger partial charge in [-0.2, -0.15) is 0 Å². The van der Waals surface area contributed by atoms with E-state index in [4.69, 9.17) is 10.7 Å². The van der Waals surface area contributed by atoms with Crippen LogP contribution in [0.15, 0.2) is 6.07 Å². The number of nitrogen functional groups attached to an aromatic ring is 1. The summed E-state index contributed by atoms with van der Waals surface area (Å²) in [5.74, 6) is 1.33. The SMILES string of the molecule is CC1CCc2c(N)cc(C3CC3)nc21. The van der Waals surface area contributed by atoms with Gasteiger partial charge in [-0.05, 0) is 43.2 Å². The number of nitrogens with zero attached hydrogens (tertiary/aromatic N) is 1. The first kappa shape index (κ1) is 8.27. The number of hydrogen-bond acceptors (Lipinski definition) is 2. The summed E-state index contributed by atoms with van der Waals surface area (Å²) < 4.78 is 0. The van der Waals surface area contributed by atoms with E-state index in [-0.39, 0.29) is 0 Å². The Morgan fingerprint density at radius 2 is 2.14 bits per heavy atom. The highest BCUT2D eigenvalue weighted by Gasteiger charge is 2.29. The predicted octanol–water partition coefficient (Wildman–Crippen LogP) is 2.59. The third-order valence-electron chi connectivity index (χ3n) is 3.50. The fourth-order valence-corrected chi connectivity index (χ4v) is 2.40. The number of nitrogens with two attached hydrogens (primary N) is 1. The fourth-order valence-electron chi connectivity index (χ4n) is 2.40. The lowest BCUT2D eigenvalue weighted by molar-refractivity contribution is 0.726. The molecule has 0 radical (unpaired) electrons. The lowest BCUT2D eigenvalue weighted by Crippen LogP contribution is -2.01. The van der Waals surface area contributed by atoms with E-state index < -0.39 is 0 Å². The van der Waals surface area contributed by atoms with E-state index in [1.54, 1.807) is 0 Å². The van der Waals surface area contributed by atoms with Crippen molar-refractivity contribution in [2.24, 2.45) is 0 Å². The van der Waals surface area contributed by atoms with Crippen molar-refractivity contribution in [3.05, 3.63) is 23.0 Å². The van der Waals surface area contributed by atoms with Crippen LogP contribution in [0.5, 0.6) is 0 Å². The molecule has 2 aliphatic carbocycles. The van der Waals surface area contributed by atoms with Gasteiger partial charge in [0, 0.05) is 23.0 Å². The summed E-state index contributed by atoms with van der Waals surface area (Å²) in [7, 11) is 0. The quantitative estimate of drug-likeness (QED) is 0.735. The Balaban J connectivity index is 2.11. The third-order valence-corrected chi connectivity index (χ3v) is 3.50. The van der Waals surface area contributed by atoms with Crippen LogP contribution in [0.1, 0.15) is 55.0 Å². The number of rotatable bonds is 1. The molecule has 0 aromatic carbocycles. The first-order valence-electron chi connectivity index (χ1n) is 5.55. The molecular formula is C12H16N2. The maximum absolute atomic E-state index is 6.06. The van der Waals surface area contributed by atoms with Crippen LogP contribution in [0.3, 0.4) is 0 Å². The Morgan fingerprint density at radius 1 is 1.36 bits per heavy atom. The zero-order valence-corrected chi connectivity index (χ0v) is 8.59. The number of pyridine rings is 1. The smallest absolute Gasteiger partial charge is 0.0487 e. The first-order valence-corrected chi connectivity index (χ1v) is 5.55. The molecule has 1 unspecified atom stereocenters. The van der Waals surface area contributed by atoms with Crippen molar-refractivity contribution in [3.8, 4) is 0 Å². The summed E-state index contributed by atoms with van der Waals surface area (Å²) in [4.78, 5) is 4.78. The monoisotopic (exact) mass is 188 g/mol. The largest absolute Gasteiger partial charge is 0.398 e. The van der Waals surface area contributed by atoms with Gasteiger partial charge in [0.2, 0.25) is 0 Å². The molecule has 14 heavy (non-hydrogen) atoms. The molecule has 1 heterocycles. The molecule has 1 aromatic heterocycles. The molecule has 1 aromatic rings. The van der Waals surface area contributed by atoms with Crippen molar-refractivity contribution in [1.82, 2.24) is 4.98 Å². The minimum atomic E-state index is 0.617.